The van der Waals surface area contributed by atoms with Gasteiger partial charge in [0.25, 0.3) is 0 Å². The molecule has 0 amide bonds. The van der Waals surface area contributed by atoms with Crippen molar-refractivity contribution in [3.05, 3.63) is 47.5 Å². The van der Waals surface area contributed by atoms with Gasteiger partial charge in [0.1, 0.15) is 23.0 Å². The quantitative estimate of drug-likeness (QED) is 0.185. The molecule has 0 saturated heterocycles. The Balaban J connectivity index is 1.72. The van der Waals surface area contributed by atoms with Crippen LogP contribution in [0.3, 0.4) is 0 Å². The summed E-state index contributed by atoms with van der Waals surface area (Å²) in [6.07, 6.45) is 5.14. The molecule has 0 aliphatic carbocycles. The average molecular weight is 489 g/mol. The Labute approximate surface area is 198 Å². The third-order valence-corrected chi connectivity index (χ3v) is 12.7. The zero-order chi connectivity index (χ0) is 24.5. The lowest BCUT2D eigenvalue weighted by Crippen LogP contribution is -2.44. The molecule has 9 heteroatoms. The Morgan fingerprint density at radius 1 is 0.697 bits per heavy atom. The van der Waals surface area contributed by atoms with Crippen molar-refractivity contribution in [2.75, 3.05) is 13.1 Å². The molecule has 0 heterocycles. The zero-order valence-electron chi connectivity index (χ0n) is 20.0. The fourth-order valence-corrected chi connectivity index (χ4v) is 12.5. The molecule has 0 aliphatic rings. The summed E-state index contributed by atoms with van der Waals surface area (Å²) >= 11 is 0. The standard InChI is InChI=1S/C24H36N2O5Si2/c1-32(2,13-5-11-25-17-19-7-9-21(27)15-23(19)29)31-33(3,4)14-6-12-26-18-20-8-10-22(28)16-24(20)30/h7-10,15-18,27-30H,5-6,11-14H2,1-4H3. The van der Waals surface area contributed by atoms with Gasteiger partial charge in [-0.2, -0.15) is 0 Å². The molecule has 2 rings (SSSR count). The molecule has 0 fully saturated rings. The molecule has 0 aliphatic heterocycles. The van der Waals surface area contributed by atoms with Crippen LogP contribution in [0.15, 0.2) is 46.4 Å². The lowest BCUT2D eigenvalue weighted by Gasteiger charge is -2.34. The third-order valence-electron chi connectivity index (χ3n) is 5.17. The fraction of sp³-hybridized carbons (Fsp3) is 0.417. The highest BCUT2D eigenvalue weighted by Crippen LogP contribution is 2.25. The minimum absolute atomic E-state index is 0.0220. The van der Waals surface area contributed by atoms with Gasteiger partial charge in [-0.25, -0.2) is 0 Å². The lowest BCUT2D eigenvalue weighted by atomic mass is 10.2. The van der Waals surface area contributed by atoms with Crippen LogP contribution in [0, 0.1) is 0 Å². The molecule has 0 atom stereocenters. The van der Waals surface area contributed by atoms with Crippen LogP contribution in [0.2, 0.25) is 38.3 Å². The van der Waals surface area contributed by atoms with E-state index in [0.717, 1.165) is 24.9 Å². The van der Waals surface area contributed by atoms with Gasteiger partial charge in [0, 0.05) is 48.8 Å². The van der Waals surface area contributed by atoms with E-state index in [4.69, 9.17) is 4.12 Å². The average Bonchev–Trinajstić information content (AvgIpc) is 2.69. The fourth-order valence-electron chi connectivity index (χ4n) is 3.65. The van der Waals surface area contributed by atoms with Crippen molar-refractivity contribution < 1.29 is 24.5 Å². The molecule has 7 nitrogen and oxygen atoms in total. The van der Waals surface area contributed by atoms with E-state index in [0.29, 0.717) is 24.2 Å². The van der Waals surface area contributed by atoms with Crippen molar-refractivity contribution in [3.8, 4) is 23.0 Å². The number of aromatic hydroxyl groups is 4. The van der Waals surface area contributed by atoms with E-state index in [1.807, 2.05) is 0 Å². The maximum Gasteiger partial charge on any atom is 0.173 e. The van der Waals surface area contributed by atoms with E-state index in [9.17, 15) is 20.4 Å². The van der Waals surface area contributed by atoms with Gasteiger partial charge in [-0.15, -0.1) is 0 Å². The summed E-state index contributed by atoms with van der Waals surface area (Å²) in [5, 5.41) is 38.3. The lowest BCUT2D eigenvalue weighted by molar-refractivity contribution is 0.449. The van der Waals surface area contributed by atoms with Gasteiger partial charge in [0.05, 0.1) is 0 Å². The molecule has 4 N–H and O–H groups in total. The van der Waals surface area contributed by atoms with Gasteiger partial charge < -0.3 is 24.5 Å². The number of aliphatic imine (C=N–C) groups is 2. The Bertz CT molecular complexity index is 900. The Kier molecular flexibility index (Phi) is 9.69. The number of hydrogen-bond acceptors (Lipinski definition) is 7. The minimum atomic E-state index is -1.81. The van der Waals surface area contributed by atoms with Crippen LogP contribution in [-0.4, -0.2) is 62.6 Å². The van der Waals surface area contributed by atoms with Gasteiger partial charge in [0.2, 0.25) is 0 Å². The summed E-state index contributed by atoms with van der Waals surface area (Å²) in [7, 11) is -3.62. The summed E-state index contributed by atoms with van der Waals surface area (Å²) < 4.78 is 6.66. The first-order chi connectivity index (χ1) is 15.5. The zero-order valence-corrected chi connectivity index (χ0v) is 22.0. The molecule has 0 aromatic heterocycles. The molecule has 0 unspecified atom stereocenters. The van der Waals surface area contributed by atoms with E-state index >= 15 is 0 Å². The summed E-state index contributed by atoms with van der Waals surface area (Å²) in [5.41, 5.74) is 1.19. The normalized spacial score (nSPS) is 12.7. The predicted octanol–water partition coefficient (Wildman–Crippen LogP) is 5.25. The minimum Gasteiger partial charge on any atom is -0.508 e. The molecular formula is C24H36N2O5Si2. The first kappa shape index (κ1) is 26.6. The van der Waals surface area contributed by atoms with E-state index in [2.05, 4.69) is 36.2 Å². The number of hydrogen-bond donors (Lipinski definition) is 4. The molecular weight excluding hydrogens is 452 g/mol. The topological polar surface area (TPSA) is 115 Å². The van der Waals surface area contributed by atoms with Crippen LogP contribution in [0.25, 0.3) is 0 Å². The maximum absolute atomic E-state index is 9.80. The first-order valence-corrected chi connectivity index (χ1v) is 17.4. The number of nitrogens with zero attached hydrogens (tertiary/aromatic N) is 2. The number of phenols is 4. The highest BCUT2D eigenvalue weighted by atomic mass is 28.4. The Hall–Kier alpha value is -2.63. The van der Waals surface area contributed by atoms with Crippen molar-refractivity contribution in [2.24, 2.45) is 9.98 Å². The van der Waals surface area contributed by atoms with Gasteiger partial charge >= 0.3 is 0 Å². The smallest absolute Gasteiger partial charge is 0.173 e. The Morgan fingerprint density at radius 2 is 1.09 bits per heavy atom. The molecule has 0 bridgehead atoms. The van der Waals surface area contributed by atoms with Gasteiger partial charge in [0.15, 0.2) is 16.6 Å². The molecule has 33 heavy (non-hydrogen) atoms. The monoisotopic (exact) mass is 488 g/mol. The van der Waals surface area contributed by atoms with Crippen LogP contribution in [0.1, 0.15) is 24.0 Å². The third kappa shape index (κ3) is 9.81. The second kappa shape index (κ2) is 12.0. The van der Waals surface area contributed by atoms with Gasteiger partial charge in [-0.3, -0.25) is 9.98 Å². The van der Waals surface area contributed by atoms with Crippen molar-refractivity contribution in [3.63, 3.8) is 0 Å². The van der Waals surface area contributed by atoms with Crippen molar-refractivity contribution in [1.82, 2.24) is 0 Å². The number of phenolic OH excluding ortho intramolecular Hbond substituents is 4. The molecule has 0 radical (unpaired) electrons. The largest absolute Gasteiger partial charge is 0.508 e. The van der Waals surface area contributed by atoms with Crippen molar-refractivity contribution in [2.45, 2.75) is 51.1 Å². The maximum atomic E-state index is 9.80. The van der Waals surface area contributed by atoms with Gasteiger partial charge in [-0.1, -0.05) is 0 Å². The first-order valence-electron chi connectivity index (χ1n) is 11.2. The summed E-state index contributed by atoms with van der Waals surface area (Å²) in [6, 6.07) is 11.0. The van der Waals surface area contributed by atoms with Crippen molar-refractivity contribution >= 4 is 29.1 Å². The summed E-state index contributed by atoms with van der Waals surface area (Å²) in [4.78, 5) is 8.80. The second-order valence-corrected chi connectivity index (χ2v) is 18.2. The molecule has 0 saturated carbocycles. The summed E-state index contributed by atoms with van der Waals surface area (Å²) in [6.45, 7) is 10.3. The van der Waals surface area contributed by atoms with Crippen LogP contribution < -0.4 is 0 Å². The predicted molar refractivity (Wildman–Crippen MR) is 139 cm³/mol. The number of rotatable bonds is 12. The SMILES string of the molecule is C[Si](C)(CCCN=Cc1ccc(O)cc1O)O[Si](C)(C)CCCN=Cc1ccc(O)cc1O. The van der Waals surface area contributed by atoms with E-state index in [1.165, 1.54) is 24.3 Å². The highest BCUT2D eigenvalue weighted by molar-refractivity contribution is 6.84. The van der Waals surface area contributed by atoms with Crippen LogP contribution in [0.4, 0.5) is 0 Å². The molecule has 180 valence electrons. The summed E-state index contributed by atoms with van der Waals surface area (Å²) in [5.74, 6) is 0.108. The van der Waals surface area contributed by atoms with E-state index in [-0.39, 0.29) is 23.0 Å². The highest BCUT2D eigenvalue weighted by Gasteiger charge is 2.32. The van der Waals surface area contributed by atoms with Crippen LogP contribution in [-0.2, 0) is 4.12 Å². The van der Waals surface area contributed by atoms with E-state index < -0.39 is 16.6 Å². The second-order valence-electron chi connectivity index (χ2n) is 9.39. The molecule has 2 aromatic carbocycles. The van der Waals surface area contributed by atoms with Crippen LogP contribution in [0.5, 0.6) is 23.0 Å². The molecule has 0 spiro atoms. The Morgan fingerprint density at radius 3 is 1.45 bits per heavy atom. The van der Waals surface area contributed by atoms with Crippen molar-refractivity contribution in [1.29, 1.82) is 0 Å². The van der Waals surface area contributed by atoms with E-state index in [1.54, 1.807) is 24.6 Å². The number of benzene rings is 2. The van der Waals surface area contributed by atoms with Crippen LogP contribution >= 0.6 is 0 Å². The van der Waals surface area contributed by atoms with Gasteiger partial charge in [-0.05, 0) is 75.4 Å². The molecule has 2 aromatic rings.